The Kier molecular flexibility index (Phi) is 6.18. The van der Waals surface area contributed by atoms with E-state index in [2.05, 4.69) is 10.6 Å². The van der Waals surface area contributed by atoms with Gasteiger partial charge in [0.25, 0.3) is 0 Å². The van der Waals surface area contributed by atoms with Crippen molar-refractivity contribution in [1.29, 1.82) is 0 Å². The predicted molar refractivity (Wildman–Crippen MR) is 78.8 cm³/mol. The Bertz CT molecular complexity index is 455. The van der Waals surface area contributed by atoms with Crippen LogP contribution >= 0.6 is 0 Å². The Labute approximate surface area is 119 Å². The highest BCUT2D eigenvalue weighted by atomic mass is 16.2. The summed E-state index contributed by atoms with van der Waals surface area (Å²) in [4.78, 5) is 23.2. The average Bonchev–Trinajstić information content (AvgIpc) is 2.43. The highest BCUT2D eigenvalue weighted by molar-refractivity contribution is 5.87. The molecule has 0 spiro atoms. The van der Waals surface area contributed by atoms with Crippen LogP contribution in [-0.2, 0) is 16.1 Å². The number of nitrogens with two attached hydrogens (primary N) is 1. The summed E-state index contributed by atoms with van der Waals surface area (Å²) < 4.78 is 0. The number of carbonyl (C=O) groups is 2. The fourth-order valence-electron chi connectivity index (χ4n) is 1.56. The Morgan fingerprint density at radius 1 is 1.15 bits per heavy atom. The molecule has 4 N–H and O–H groups in total. The molecule has 0 radical (unpaired) electrons. The van der Waals surface area contributed by atoms with E-state index in [1.165, 1.54) is 5.56 Å². The molecule has 0 heterocycles. The van der Waals surface area contributed by atoms with E-state index < -0.39 is 6.04 Å². The van der Waals surface area contributed by atoms with Gasteiger partial charge in [0.05, 0.1) is 12.6 Å². The van der Waals surface area contributed by atoms with Crippen molar-refractivity contribution in [2.24, 2.45) is 11.7 Å². The van der Waals surface area contributed by atoms with Crippen LogP contribution in [0.4, 0.5) is 0 Å². The molecule has 1 aromatic rings. The first-order valence-corrected chi connectivity index (χ1v) is 6.75. The maximum Gasteiger partial charge on any atom is 0.239 e. The molecule has 5 heteroatoms. The van der Waals surface area contributed by atoms with E-state index in [0.717, 1.165) is 5.56 Å². The van der Waals surface area contributed by atoms with Gasteiger partial charge >= 0.3 is 0 Å². The predicted octanol–water partition coefficient (Wildman–Crippen LogP) is 0.711. The number of hydrogen-bond donors (Lipinski definition) is 3. The van der Waals surface area contributed by atoms with Crippen LogP contribution in [0.25, 0.3) is 0 Å². The van der Waals surface area contributed by atoms with Gasteiger partial charge in [-0.1, -0.05) is 43.7 Å². The second kappa shape index (κ2) is 7.65. The lowest BCUT2D eigenvalue weighted by atomic mass is 10.1. The summed E-state index contributed by atoms with van der Waals surface area (Å²) in [6, 6.07) is 7.32. The quantitative estimate of drug-likeness (QED) is 0.716. The van der Waals surface area contributed by atoms with Crippen LogP contribution in [0.3, 0.4) is 0 Å². The van der Waals surface area contributed by atoms with Gasteiger partial charge in [0.2, 0.25) is 11.8 Å². The summed E-state index contributed by atoms with van der Waals surface area (Å²) in [5, 5.41) is 5.28. The minimum Gasteiger partial charge on any atom is -0.350 e. The van der Waals surface area contributed by atoms with Crippen molar-refractivity contribution in [2.75, 3.05) is 6.54 Å². The lowest BCUT2D eigenvalue weighted by molar-refractivity contribution is -0.127. The number of amides is 2. The van der Waals surface area contributed by atoms with Gasteiger partial charge in [-0.05, 0) is 18.4 Å². The van der Waals surface area contributed by atoms with E-state index in [4.69, 9.17) is 5.73 Å². The molecule has 1 aromatic carbocycles. The van der Waals surface area contributed by atoms with Gasteiger partial charge in [-0.2, -0.15) is 0 Å². The Balaban J connectivity index is 2.30. The Morgan fingerprint density at radius 2 is 1.75 bits per heavy atom. The molecule has 110 valence electrons. The molecule has 20 heavy (non-hydrogen) atoms. The highest BCUT2D eigenvalue weighted by Crippen LogP contribution is 2.02. The largest absolute Gasteiger partial charge is 0.350 e. The van der Waals surface area contributed by atoms with E-state index in [0.29, 0.717) is 6.54 Å². The number of rotatable bonds is 6. The topological polar surface area (TPSA) is 84.2 Å². The van der Waals surface area contributed by atoms with E-state index in [1.807, 2.05) is 45.0 Å². The van der Waals surface area contributed by atoms with Crippen molar-refractivity contribution in [3.05, 3.63) is 35.4 Å². The van der Waals surface area contributed by atoms with Crippen LogP contribution < -0.4 is 16.4 Å². The number of nitrogens with one attached hydrogen (secondary N) is 2. The Hall–Kier alpha value is -1.88. The van der Waals surface area contributed by atoms with Gasteiger partial charge in [-0.25, -0.2) is 0 Å². The molecule has 0 fully saturated rings. The average molecular weight is 277 g/mol. The highest BCUT2D eigenvalue weighted by Gasteiger charge is 2.17. The fourth-order valence-corrected chi connectivity index (χ4v) is 1.56. The van der Waals surface area contributed by atoms with Gasteiger partial charge in [0.15, 0.2) is 0 Å². The van der Waals surface area contributed by atoms with Crippen molar-refractivity contribution in [2.45, 2.75) is 33.4 Å². The van der Waals surface area contributed by atoms with Crippen molar-refractivity contribution in [1.82, 2.24) is 10.6 Å². The van der Waals surface area contributed by atoms with Crippen LogP contribution in [0, 0.1) is 12.8 Å². The first-order chi connectivity index (χ1) is 9.40. The molecule has 0 saturated heterocycles. The summed E-state index contributed by atoms with van der Waals surface area (Å²) >= 11 is 0. The molecule has 0 aliphatic heterocycles. The number of aryl methyl sites for hydroxylation is 1. The molecular weight excluding hydrogens is 254 g/mol. The van der Waals surface area contributed by atoms with Crippen molar-refractivity contribution >= 4 is 11.8 Å². The normalized spacial score (nSPS) is 12.1. The van der Waals surface area contributed by atoms with Gasteiger partial charge in [-0.3, -0.25) is 9.59 Å². The zero-order chi connectivity index (χ0) is 15.1. The maximum atomic E-state index is 11.6. The summed E-state index contributed by atoms with van der Waals surface area (Å²) in [5.41, 5.74) is 7.88. The van der Waals surface area contributed by atoms with E-state index >= 15 is 0 Å². The van der Waals surface area contributed by atoms with Gasteiger partial charge in [-0.15, -0.1) is 0 Å². The molecular formula is C15H23N3O2. The molecule has 0 bridgehead atoms. The van der Waals surface area contributed by atoms with Crippen LogP contribution in [-0.4, -0.2) is 24.4 Å². The summed E-state index contributed by atoms with van der Waals surface area (Å²) in [6.45, 7) is 6.13. The first kappa shape index (κ1) is 16.2. The molecule has 5 nitrogen and oxygen atoms in total. The minimum absolute atomic E-state index is 0.0469. The first-order valence-electron chi connectivity index (χ1n) is 6.75. The summed E-state index contributed by atoms with van der Waals surface area (Å²) in [6.07, 6.45) is 0. The lowest BCUT2D eigenvalue weighted by Crippen LogP contribution is -2.47. The second-order valence-corrected chi connectivity index (χ2v) is 5.25. The third-order valence-corrected chi connectivity index (χ3v) is 3.05. The lowest BCUT2D eigenvalue weighted by Gasteiger charge is -2.15. The minimum atomic E-state index is -0.583. The second-order valence-electron chi connectivity index (χ2n) is 5.25. The van der Waals surface area contributed by atoms with Crippen LogP contribution in [0.5, 0.6) is 0 Å². The smallest absolute Gasteiger partial charge is 0.239 e. The molecule has 1 atom stereocenters. The maximum absolute atomic E-state index is 11.6. The molecule has 1 rings (SSSR count). The van der Waals surface area contributed by atoms with Gasteiger partial charge in [0, 0.05) is 6.54 Å². The zero-order valence-electron chi connectivity index (χ0n) is 12.3. The standard InChI is InChI=1S/C15H23N3O2/c1-10(2)14(16)15(20)18-9-13(19)17-8-12-6-4-11(3)5-7-12/h4-7,10,14H,8-9,16H2,1-3H3,(H,17,19)(H,18,20)/t14-/m0/s1. The molecule has 0 aromatic heterocycles. The third kappa shape index (κ3) is 5.40. The van der Waals surface area contributed by atoms with E-state index in [-0.39, 0.29) is 24.3 Å². The molecule has 0 aliphatic carbocycles. The van der Waals surface area contributed by atoms with Crippen LogP contribution in [0.15, 0.2) is 24.3 Å². The summed E-state index contributed by atoms with van der Waals surface area (Å²) in [7, 11) is 0. The van der Waals surface area contributed by atoms with Crippen LogP contribution in [0.2, 0.25) is 0 Å². The van der Waals surface area contributed by atoms with Crippen molar-refractivity contribution in [3.8, 4) is 0 Å². The van der Waals surface area contributed by atoms with E-state index in [1.54, 1.807) is 0 Å². The number of benzene rings is 1. The molecule has 2 amide bonds. The van der Waals surface area contributed by atoms with E-state index in [9.17, 15) is 9.59 Å². The van der Waals surface area contributed by atoms with Crippen molar-refractivity contribution in [3.63, 3.8) is 0 Å². The van der Waals surface area contributed by atoms with Crippen LogP contribution in [0.1, 0.15) is 25.0 Å². The number of carbonyl (C=O) groups excluding carboxylic acids is 2. The molecule has 0 aliphatic rings. The molecule has 0 saturated carbocycles. The number of hydrogen-bond acceptors (Lipinski definition) is 3. The molecule has 0 unspecified atom stereocenters. The van der Waals surface area contributed by atoms with Gasteiger partial charge < -0.3 is 16.4 Å². The SMILES string of the molecule is Cc1ccc(CNC(=O)CNC(=O)[C@@H](N)C(C)C)cc1. The third-order valence-electron chi connectivity index (χ3n) is 3.05. The van der Waals surface area contributed by atoms with Crippen molar-refractivity contribution < 1.29 is 9.59 Å². The monoisotopic (exact) mass is 277 g/mol. The van der Waals surface area contributed by atoms with Gasteiger partial charge in [0.1, 0.15) is 0 Å². The summed E-state index contributed by atoms with van der Waals surface area (Å²) in [5.74, 6) is -0.481. The fraction of sp³-hybridized carbons (Fsp3) is 0.467. The zero-order valence-corrected chi connectivity index (χ0v) is 12.3. The Morgan fingerprint density at radius 3 is 2.30 bits per heavy atom.